The van der Waals surface area contributed by atoms with Crippen molar-refractivity contribution in [2.75, 3.05) is 13.1 Å². The lowest BCUT2D eigenvalue weighted by Gasteiger charge is -2.19. The van der Waals surface area contributed by atoms with Crippen LogP contribution in [0.1, 0.15) is 30.4 Å². The third-order valence-electron chi connectivity index (χ3n) is 2.62. The Morgan fingerprint density at radius 1 is 1.60 bits per heavy atom. The lowest BCUT2D eigenvalue weighted by Crippen LogP contribution is -2.26. The van der Waals surface area contributed by atoms with E-state index in [0.29, 0.717) is 11.8 Å². The van der Waals surface area contributed by atoms with Crippen LogP contribution >= 0.6 is 0 Å². The Hall–Kier alpha value is -1.36. The number of oxazole rings is 1. The first-order chi connectivity index (χ1) is 7.25. The fraction of sp³-hybridized carbons (Fsp3) is 0.600. The van der Waals surface area contributed by atoms with Crippen LogP contribution in [0.2, 0.25) is 0 Å². The van der Waals surface area contributed by atoms with Crippen LogP contribution in [0.4, 0.5) is 0 Å². The Morgan fingerprint density at radius 2 is 2.33 bits per heavy atom. The number of carboxylic acid groups (broad SMARTS) is 1. The summed E-state index contributed by atoms with van der Waals surface area (Å²) in [6.07, 6.45) is 3.59. The second kappa shape index (κ2) is 4.44. The molecule has 0 unspecified atom stereocenters. The van der Waals surface area contributed by atoms with Crippen LogP contribution in [0.5, 0.6) is 0 Å². The van der Waals surface area contributed by atoms with Crippen LogP contribution in [0.15, 0.2) is 10.6 Å². The minimum Gasteiger partial charge on any atom is -0.481 e. The van der Waals surface area contributed by atoms with Crippen molar-refractivity contribution >= 4 is 5.97 Å². The van der Waals surface area contributed by atoms with Gasteiger partial charge in [-0.2, -0.15) is 0 Å². The molecule has 0 saturated carbocycles. The van der Waals surface area contributed by atoms with Gasteiger partial charge < -0.3 is 14.8 Å². The standard InChI is InChI=1S/C10H14N2O3/c13-10(14)5-9-12-6-8(15-9)7-1-3-11-4-2-7/h6-7,11H,1-5H2,(H,13,14). The van der Waals surface area contributed by atoms with E-state index in [2.05, 4.69) is 10.3 Å². The molecule has 5 nitrogen and oxygen atoms in total. The SMILES string of the molecule is O=C(O)Cc1ncc(C2CCNCC2)o1. The third-order valence-corrected chi connectivity index (χ3v) is 2.62. The van der Waals surface area contributed by atoms with Gasteiger partial charge >= 0.3 is 5.97 Å². The lowest BCUT2D eigenvalue weighted by atomic mass is 9.96. The number of carbonyl (C=O) groups is 1. The van der Waals surface area contributed by atoms with Gasteiger partial charge in [0.25, 0.3) is 0 Å². The largest absolute Gasteiger partial charge is 0.481 e. The first-order valence-corrected chi connectivity index (χ1v) is 5.13. The van der Waals surface area contributed by atoms with Crippen LogP contribution in [0.25, 0.3) is 0 Å². The van der Waals surface area contributed by atoms with Crippen molar-refractivity contribution in [3.8, 4) is 0 Å². The number of carboxylic acids is 1. The molecule has 1 aliphatic rings. The Bertz CT molecular complexity index is 342. The van der Waals surface area contributed by atoms with Gasteiger partial charge in [-0.1, -0.05) is 0 Å². The minimum absolute atomic E-state index is 0.134. The number of aromatic nitrogens is 1. The Kier molecular flexibility index (Phi) is 3.01. The number of rotatable bonds is 3. The molecule has 1 aliphatic heterocycles. The summed E-state index contributed by atoms with van der Waals surface area (Å²) in [4.78, 5) is 14.4. The van der Waals surface area contributed by atoms with Gasteiger partial charge in [0.05, 0.1) is 6.20 Å². The summed E-state index contributed by atoms with van der Waals surface area (Å²) >= 11 is 0. The second-order valence-corrected chi connectivity index (χ2v) is 3.75. The van der Waals surface area contributed by atoms with E-state index in [-0.39, 0.29) is 6.42 Å². The molecule has 1 saturated heterocycles. The molecule has 2 heterocycles. The number of aliphatic carboxylic acids is 1. The normalized spacial score (nSPS) is 17.9. The maximum atomic E-state index is 10.4. The number of nitrogens with one attached hydrogen (secondary N) is 1. The average molecular weight is 210 g/mol. The van der Waals surface area contributed by atoms with Gasteiger partial charge in [0.1, 0.15) is 12.2 Å². The van der Waals surface area contributed by atoms with E-state index in [0.717, 1.165) is 31.7 Å². The summed E-state index contributed by atoms with van der Waals surface area (Å²) in [5.74, 6) is 0.610. The van der Waals surface area contributed by atoms with E-state index in [4.69, 9.17) is 9.52 Å². The fourth-order valence-corrected chi connectivity index (χ4v) is 1.83. The summed E-state index contributed by atoms with van der Waals surface area (Å²) in [5.41, 5.74) is 0. The molecule has 15 heavy (non-hydrogen) atoms. The molecule has 0 aromatic carbocycles. The minimum atomic E-state index is -0.909. The van der Waals surface area contributed by atoms with Crippen molar-refractivity contribution in [3.05, 3.63) is 17.8 Å². The third kappa shape index (κ3) is 2.56. The first kappa shape index (κ1) is 10.2. The topological polar surface area (TPSA) is 75.4 Å². The van der Waals surface area contributed by atoms with Crippen LogP contribution in [0.3, 0.4) is 0 Å². The molecular formula is C10H14N2O3. The maximum Gasteiger partial charge on any atom is 0.312 e. The van der Waals surface area contributed by atoms with Crippen molar-refractivity contribution < 1.29 is 14.3 Å². The van der Waals surface area contributed by atoms with Crippen LogP contribution < -0.4 is 5.32 Å². The molecule has 0 radical (unpaired) electrons. The van der Waals surface area contributed by atoms with Gasteiger partial charge in [0, 0.05) is 5.92 Å². The Labute approximate surface area is 87.5 Å². The summed E-state index contributed by atoms with van der Waals surface area (Å²) < 4.78 is 5.41. The smallest absolute Gasteiger partial charge is 0.312 e. The molecule has 0 aliphatic carbocycles. The zero-order chi connectivity index (χ0) is 10.7. The van der Waals surface area contributed by atoms with E-state index in [9.17, 15) is 4.79 Å². The molecule has 1 aromatic rings. The van der Waals surface area contributed by atoms with Gasteiger partial charge in [-0.25, -0.2) is 4.98 Å². The molecule has 1 fully saturated rings. The zero-order valence-electron chi connectivity index (χ0n) is 8.40. The molecule has 2 rings (SSSR count). The molecule has 0 atom stereocenters. The zero-order valence-corrected chi connectivity index (χ0v) is 8.40. The monoisotopic (exact) mass is 210 g/mol. The van der Waals surface area contributed by atoms with E-state index in [1.165, 1.54) is 0 Å². The maximum absolute atomic E-state index is 10.4. The molecule has 5 heteroatoms. The number of hydrogen-bond donors (Lipinski definition) is 2. The van der Waals surface area contributed by atoms with Crippen LogP contribution in [-0.4, -0.2) is 29.1 Å². The summed E-state index contributed by atoms with van der Waals surface area (Å²) in [7, 11) is 0. The van der Waals surface area contributed by atoms with E-state index >= 15 is 0 Å². The molecule has 1 aromatic heterocycles. The van der Waals surface area contributed by atoms with Crippen LogP contribution in [-0.2, 0) is 11.2 Å². The second-order valence-electron chi connectivity index (χ2n) is 3.75. The van der Waals surface area contributed by atoms with Gasteiger partial charge in [-0.3, -0.25) is 4.79 Å². The van der Waals surface area contributed by atoms with Crippen LogP contribution in [0, 0.1) is 0 Å². The van der Waals surface area contributed by atoms with Crippen molar-refractivity contribution in [3.63, 3.8) is 0 Å². The molecule has 0 amide bonds. The number of nitrogens with zero attached hydrogens (tertiary/aromatic N) is 1. The predicted octanol–water partition coefficient (Wildman–Crippen LogP) is 0.769. The number of piperidine rings is 1. The summed E-state index contributed by atoms with van der Waals surface area (Å²) in [6, 6.07) is 0. The highest BCUT2D eigenvalue weighted by atomic mass is 16.4. The quantitative estimate of drug-likeness (QED) is 0.770. The van der Waals surface area contributed by atoms with Gasteiger partial charge in [0.15, 0.2) is 0 Å². The molecular weight excluding hydrogens is 196 g/mol. The lowest BCUT2D eigenvalue weighted by molar-refractivity contribution is -0.136. The van der Waals surface area contributed by atoms with E-state index in [1.807, 2.05) is 0 Å². The fourth-order valence-electron chi connectivity index (χ4n) is 1.83. The molecule has 2 N–H and O–H groups in total. The summed E-state index contributed by atoms with van der Waals surface area (Å²) in [6.45, 7) is 1.97. The molecule has 0 bridgehead atoms. The van der Waals surface area contributed by atoms with E-state index < -0.39 is 5.97 Å². The first-order valence-electron chi connectivity index (χ1n) is 5.13. The van der Waals surface area contributed by atoms with Gasteiger partial charge in [-0.15, -0.1) is 0 Å². The average Bonchev–Trinajstić information content (AvgIpc) is 2.67. The highest BCUT2D eigenvalue weighted by molar-refractivity contribution is 5.68. The highest BCUT2D eigenvalue weighted by Gasteiger charge is 2.19. The van der Waals surface area contributed by atoms with E-state index in [1.54, 1.807) is 6.20 Å². The van der Waals surface area contributed by atoms with Crippen molar-refractivity contribution in [2.45, 2.75) is 25.2 Å². The van der Waals surface area contributed by atoms with Gasteiger partial charge in [-0.05, 0) is 25.9 Å². The van der Waals surface area contributed by atoms with Crippen molar-refractivity contribution in [1.82, 2.24) is 10.3 Å². The highest BCUT2D eigenvalue weighted by Crippen LogP contribution is 2.25. The summed E-state index contributed by atoms with van der Waals surface area (Å²) in [5, 5.41) is 11.8. The predicted molar refractivity (Wildman–Crippen MR) is 52.7 cm³/mol. The molecule has 82 valence electrons. The Morgan fingerprint density at radius 3 is 3.00 bits per heavy atom. The van der Waals surface area contributed by atoms with Crippen molar-refractivity contribution in [2.24, 2.45) is 0 Å². The number of hydrogen-bond acceptors (Lipinski definition) is 4. The molecule has 0 spiro atoms. The Balaban J connectivity index is 2.02. The van der Waals surface area contributed by atoms with Gasteiger partial charge in [0.2, 0.25) is 5.89 Å². The van der Waals surface area contributed by atoms with Crippen molar-refractivity contribution in [1.29, 1.82) is 0 Å².